The van der Waals surface area contributed by atoms with Crippen molar-refractivity contribution in [2.24, 2.45) is 20.5 Å². The minimum absolute atomic E-state index is 0.0711. The monoisotopic (exact) mass is 736 g/mol. The molecule has 0 amide bonds. The number of rotatable bonds is 17. The predicted octanol–water partition coefficient (Wildman–Crippen LogP) is 3.75. The minimum atomic E-state index is -4.82. The molecule has 3 aromatic carbocycles. The summed E-state index contributed by atoms with van der Waals surface area (Å²) in [4.78, 5) is 11.9. The highest BCUT2D eigenvalue weighted by atomic mass is 32.3. The van der Waals surface area contributed by atoms with Crippen molar-refractivity contribution in [1.82, 2.24) is 0 Å². The Morgan fingerprint density at radius 2 is 1.19 bits per heavy atom. The van der Waals surface area contributed by atoms with E-state index in [1.165, 1.54) is 42.5 Å². The van der Waals surface area contributed by atoms with Gasteiger partial charge in [-0.1, -0.05) is 5.04 Å². The van der Waals surface area contributed by atoms with Crippen molar-refractivity contribution in [1.29, 1.82) is 0 Å². The molecule has 0 heterocycles. The third-order valence-corrected chi connectivity index (χ3v) is 9.83. The highest BCUT2D eigenvalue weighted by molar-refractivity contribution is 7.92. The molecule has 0 aromatic heterocycles. The van der Waals surface area contributed by atoms with Crippen LogP contribution in [0.2, 0.25) is 0 Å². The zero-order chi connectivity index (χ0) is 34.8. The van der Waals surface area contributed by atoms with E-state index in [0.717, 1.165) is 12.1 Å². The summed E-state index contributed by atoms with van der Waals surface area (Å²) in [6.45, 7) is -1.11. The molecule has 47 heavy (non-hydrogen) atoms. The molecular formula is C23H24N6O14S4. The van der Waals surface area contributed by atoms with E-state index in [-0.39, 0.29) is 62.8 Å². The van der Waals surface area contributed by atoms with Crippen LogP contribution in [0.1, 0.15) is 10.4 Å². The Balaban J connectivity index is 1.82. The Morgan fingerprint density at radius 3 is 1.60 bits per heavy atom. The van der Waals surface area contributed by atoms with Crippen molar-refractivity contribution >= 4 is 82.5 Å². The molecule has 3 aromatic rings. The van der Waals surface area contributed by atoms with Crippen molar-refractivity contribution in [3.8, 4) is 0 Å². The van der Waals surface area contributed by atoms with Crippen LogP contribution in [0.5, 0.6) is 0 Å². The third-order valence-electron chi connectivity index (χ3n) is 5.59. The Bertz CT molecular complexity index is 1970. The number of benzene rings is 3. The summed E-state index contributed by atoms with van der Waals surface area (Å²) in [6, 6.07) is 11.0. The second-order valence-electron chi connectivity index (χ2n) is 8.74. The Kier molecular flexibility index (Phi) is 12.8. The molecule has 0 atom stereocenters. The third kappa shape index (κ3) is 11.0. The van der Waals surface area contributed by atoms with Crippen LogP contribution in [0.4, 0.5) is 34.1 Å². The number of carboxylic acid groups (broad SMARTS) is 1. The molecule has 3 rings (SSSR count). The fraction of sp³-hybridized carbons (Fsp3) is 0.174. The van der Waals surface area contributed by atoms with Crippen LogP contribution in [0.3, 0.4) is 0 Å². The van der Waals surface area contributed by atoms with Gasteiger partial charge in [-0.25, -0.2) is 31.1 Å². The number of nitrogens with zero attached hydrogens (tertiary/aromatic N) is 4. The van der Waals surface area contributed by atoms with Gasteiger partial charge in [0.2, 0.25) is 0 Å². The SMILES string of the molecule is Nc1cc(N)c(/N=N/c2ccc(S(=O)(=O)CCOS(=O)(=O)O)cc2)c(C(=O)O)c1/N=N/c1ccc(S(=O)(=O)CCOSOOO)cc1. The quantitative estimate of drug-likeness (QED) is 0.0250. The normalized spacial score (nSPS) is 12.6. The number of hydrogen-bond acceptors (Lipinski definition) is 19. The Labute approximate surface area is 271 Å². The molecule has 254 valence electrons. The zero-order valence-electron chi connectivity index (χ0n) is 23.4. The Hall–Kier alpha value is -4.11. The molecule has 0 radical (unpaired) electrons. The van der Waals surface area contributed by atoms with Gasteiger partial charge in [-0.05, 0) is 54.6 Å². The van der Waals surface area contributed by atoms with E-state index in [1.807, 2.05) is 0 Å². The highest BCUT2D eigenvalue weighted by Gasteiger charge is 2.23. The molecular weight excluding hydrogens is 713 g/mol. The van der Waals surface area contributed by atoms with Crippen LogP contribution in [-0.4, -0.2) is 70.9 Å². The van der Waals surface area contributed by atoms with E-state index in [4.69, 9.17) is 25.5 Å². The van der Waals surface area contributed by atoms with E-state index in [2.05, 4.69) is 34.0 Å². The fourth-order valence-corrected chi connectivity index (χ4v) is 6.37. The van der Waals surface area contributed by atoms with Crippen LogP contribution in [0.25, 0.3) is 0 Å². The molecule has 0 spiro atoms. The van der Waals surface area contributed by atoms with Crippen molar-refractivity contribution in [3.63, 3.8) is 0 Å². The van der Waals surface area contributed by atoms with Crippen molar-refractivity contribution in [2.45, 2.75) is 9.79 Å². The summed E-state index contributed by atoms with van der Waals surface area (Å²) >= 11 is 0.227. The maximum atomic E-state index is 12.4. The maximum Gasteiger partial charge on any atom is 0.397 e. The molecule has 0 bridgehead atoms. The lowest BCUT2D eigenvalue weighted by Gasteiger charge is -2.10. The average Bonchev–Trinajstić information content (AvgIpc) is 2.99. The van der Waals surface area contributed by atoms with Gasteiger partial charge < -0.3 is 16.6 Å². The molecule has 0 saturated carbocycles. The van der Waals surface area contributed by atoms with E-state index in [9.17, 15) is 35.2 Å². The molecule has 0 aliphatic carbocycles. The lowest BCUT2D eigenvalue weighted by Crippen LogP contribution is -2.15. The number of nitrogen functional groups attached to an aromatic ring is 2. The zero-order valence-corrected chi connectivity index (χ0v) is 26.7. The molecule has 7 N–H and O–H groups in total. The smallest absolute Gasteiger partial charge is 0.397 e. The van der Waals surface area contributed by atoms with Crippen molar-refractivity contribution in [2.75, 3.05) is 36.2 Å². The van der Waals surface area contributed by atoms with Crippen molar-refractivity contribution in [3.05, 3.63) is 60.2 Å². The first-order valence-electron chi connectivity index (χ1n) is 12.4. The standard InChI is InChI=1S/C23H24N6O14S4/c24-18-13-19(25)22(29-27-15-3-7-17(8-4-15)46(35,36)12-10-41-47(37,38)39)20(23(30)31)21(18)28-26-14-1-5-16(6-2-14)45(33,34)11-9-40-44-43-42-32/h1-8,13,32H,9-12,24-25H2,(H,30,31)(H,37,38,39)/b28-26+,29-27+. The van der Waals surface area contributed by atoms with Crippen LogP contribution in [0.15, 0.2) is 84.8 Å². The van der Waals surface area contributed by atoms with Crippen LogP contribution in [-0.2, 0) is 47.8 Å². The number of aromatic carboxylic acids is 1. The van der Waals surface area contributed by atoms with Crippen LogP contribution < -0.4 is 11.5 Å². The number of hydrogen-bond donors (Lipinski definition) is 5. The Morgan fingerprint density at radius 1 is 0.745 bits per heavy atom. The highest BCUT2D eigenvalue weighted by Crippen LogP contribution is 2.41. The van der Waals surface area contributed by atoms with E-state index < -0.39 is 59.7 Å². The number of sulfone groups is 2. The molecule has 24 heteroatoms. The van der Waals surface area contributed by atoms with Gasteiger partial charge in [0.15, 0.2) is 32.0 Å². The molecule has 0 unspecified atom stereocenters. The van der Waals surface area contributed by atoms with Crippen molar-refractivity contribution < 1.29 is 62.7 Å². The van der Waals surface area contributed by atoms with Gasteiger partial charge in [0.05, 0.1) is 57.3 Å². The summed E-state index contributed by atoms with van der Waals surface area (Å²) in [5, 5.41) is 36.9. The summed E-state index contributed by atoms with van der Waals surface area (Å²) in [5.41, 5.74) is 10.5. The van der Waals surface area contributed by atoms with Gasteiger partial charge in [-0.15, -0.1) is 14.6 Å². The second kappa shape index (κ2) is 16.1. The molecule has 0 fully saturated rings. The first-order chi connectivity index (χ1) is 22.0. The summed E-state index contributed by atoms with van der Waals surface area (Å²) in [6.07, 6.45) is 0. The number of carboxylic acids is 1. The molecule has 20 nitrogen and oxygen atoms in total. The number of nitrogens with two attached hydrogens (primary N) is 2. The van der Waals surface area contributed by atoms with Crippen LogP contribution in [0, 0.1) is 0 Å². The number of azo groups is 2. The van der Waals surface area contributed by atoms with Gasteiger partial charge in [0.1, 0.15) is 16.9 Å². The van der Waals surface area contributed by atoms with Gasteiger partial charge in [-0.2, -0.15) is 18.6 Å². The van der Waals surface area contributed by atoms with Gasteiger partial charge in [0, 0.05) is 0 Å². The lowest BCUT2D eigenvalue weighted by atomic mass is 10.1. The predicted molar refractivity (Wildman–Crippen MR) is 163 cm³/mol. The first kappa shape index (κ1) is 37.3. The van der Waals surface area contributed by atoms with E-state index in [1.54, 1.807) is 0 Å². The number of anilines is 2. The average molecular weight is 737 g/mol. The minimum Gasteiger partial charge on any atom is -0.478 e. The van der Waals surface area contributed by atoms with Gasteiger partial charge >= 0.3 is 16.4 Å². The lowest BCUT2D eigenvalue weighted by molar-refractivity contribution is -0.434. The van der Waals surface area contributed by atoms with Crippen LogP contribution >= 0.6 is 12.3 Å². The summed E-state index contributed by atoms with van der Waals surface area (Å²) in [5.74, 6) is -2.74. The number of carbonyl (C=O) groups is 1. The topological polar surface area (TPSA) is 319 Å². The van der Waals surface area contributed by atoms with E-state index in [0.29, 0.717) is 0 Å². The molecule has 0 saturated heterocycles. The first-order valence-corrected chi connectivity index (χ1v) is 17.7. The molecule has 0 aliphatic heterocycles. The maximum absolute atomic E-state index is 12.4. The second-order valence-corrected chi connectivity index (χ2v) is 14.6. The fourth-order valence-electron chi connectivity index (χ4n) is 3.47. The van der Waals surface area contributed by atoms with E-state index >= 15 is 0 Å². The van der Waals surface area contributed by atoms with Gasteiger partial charge in [0.25, 0.3) is 0 Å². The van der Waals surface area contributed by atoms with Gasteiger partial charge in [-0.3, -0.25) is 8.74 Å². The largest absolute Gasteiger partial charge is 0.478 e. The molecule has 0 aliphatic rings. The summed E-state index contributed by atoms with van der Waals surface area (Å²) in [7, 11) is -12.6. The summed E-state index contributed by atoms with van der Waals surface area (Å²) < 4.78 is 92.2.